The number of aromatic nitrogens is 1. The molecule has 110 valence electrons. The molecule has 2 aliphatic rings. The molecule has 3 atom stereocenters. The lowest BCUT2D eigenvalue weighted by atomic mass is 9.85. The van der Waals surface area contributed by atoms with Crippen molar-refractivity contribution in [2.45, 2.75) is 44.2 Å². The molecule has 3 unspecified atom stereocenters. The molecule has 2 fully saturated rings. The van der Waals surface area contributed by atoms with Crippen molar-refractivity contribution in [3.63, 3.8) is 0 Å². The highest BCUT2D eigenvalue weighted by molar-refractivity contribution is 5.80. The zero-order valence-corrected chi connectivity index (χ0v) is 11.7. The van der Waals surface area contributed by atoms with Gasteiger partial charge in [-0.05, 0) is 37.3 Å². The lowest BCUT2D eigenvalue weighted by molar-refractivity contribution is -0.138. The van der Waals surface area contributed by atoms with Crippen LogP contribution in [0.3, 0.4) is 0 Å². The Kier molecular flexibility index (Phi) is 2.87. The summed E-state index contributed by atoms with van der Waals surface area (Å²) in [6, 6.07) is 7.80. The van der Waals surface area contributed by atoms with Crippen LogP contribution >= 0.6 is 0 Å². The fourth-order valence-electron chi connectivity index (χ4n) is 3.93. The van der Waals surface area contributed by atoms with Crippen molar-refractivity contribution in [1.29, 1.82) is 0 Å². The van der Waals surface area contributed by atoms with Crippen molar-refractivity contribution in [2.24, 2.45) is 5.92 Å². The molecular weight excluding hydrogens is 268 g/mol. The smallest absolute Gasteiger partial charge is 0.326 e. The Balaban J connectivity index is 1.77. The van der Waals surface area contributed by atoms with E-state index in [9.17, 15) is 9.90 Å². The van der Waals surface area contributed by atoms with Crippen molar-refractivity contribution in [3.8, 4) is 0 Å². The van der Waals surface area contributed by atoms with Gasteiger partial charge in [-0.3, -0.25) is 0 Å². The predicted molar refractivity (Wildman–Crippen MR) is 78.3 cm³/mol. The van der Waals surface area contributed by atoms with Gasteiger partial charge in [-0.25, -0.2) is 4.79 Å². The van der Waals surface area contributed by atoms with Gasteiger partial charge < -0.3 is 14.4 Å². The van der Waals surface area contributed by atoms with Crippen molar-refractivity contribution < 1.29 is 14.3 Å². The molecule has 1 aromatic carbocycles. The van der Waals surface area contributed by atoms with Crippen LogP contribution in [-0.4, -0.2) is 28.1 Å². The Bertz CT molecular complexity index is 648. The minimum absolute atomic E-state index is 0.257. The monoisotopic (exact) mass is 286 g/mol. The predicted octanol–water partition coefficient (Wildman–Crippen LogP) is 3.05. The quantitative estimate of drug-likeness (QED) is 0.919. The van der Waals surface area contributed by atoms with E-state index in [0.717, 1.165) is 30.4 Å². The van der Waals surface area contributed by atoms with E-state index in [4.69, 9.17) is 4.42 Å². The number of carboxylic acids is 1. The highest BCUT2D eigenvalue weighted by Crippen LogP contribution is 2.42. The number of carboxylic acid groups (broad SMARTS) is 1. The molecule has 1 N–H and O–H groups in total. The Labute approximate surface area is 122 Å². The molecule has 0 radical (unpaired) electrons. The summed E-state index contributed by atoms with van der Waals surface area (Å²) >= 11 is 0. The number of fused-ring (bicyclic) bond motifs is 2. The third-order valence-corrected chi connectivity index (χ3v) is 4.88. The Morgan fingerprint density at radius 2 is 2.10 bits per heavy atom. The number of nitrogens with zero attached hydrogens (tertiary/aromatic N) is 2. The molecular formula is C16H18N2O3. The number of hydrogen-bond donors (Lipinski definition) is 1. The van der Waals surface area contributed by atoms with E-state index < -0.39 is 12.0 Å². The first-order chi connectivity index (χ1) is 10.2. The van der Waals surface area contributed by atoms with E-state index in [-0.39, 0.29) is 6.04 Å². The summed E-state index contributed by atoms with van der Waals surface area (Å²) in [4.78, 5) is 18.1. The summed E-state index contributed by atoms with van der Waals surface area (Å²) in [7, 11) is 0. The molecule has 1 aliphatic heterocycles. The summed E-state index contributed by atoms with van der Waals surface area (Å²) in [6.07, 6.45) is 5.22. The van der Waals surface area contributed by atoms with Gasteiger partial charge in [0.2, 0.25) is 0 Å². The molecule has 5 heteroatoms. The number of hydrogen-bond acceptors (Lipinski definition) is 4. The van der Waals surface area contributed by atoms with E-state index >= 15 is 0 Å². The number of para-hydroxylation sites is 2. The number of anilines is 1. The van der Waals surface area contributed by atoms with Crippen LogP contribution in [0.15, 0.2) is 28.7 Å². The summed E-state index contributed by atoms with van der Waals surface area (Å²) in [5.74, 6) is -0.318. The minimum Gasteiger partial charge on any atom is -0.480 e. The number of oxazole rings is 1. The Morgan fingerprint density at radius 3 is 2.90 bits per heavy atom. The van der Waals surface area contributed by atoms with Crippen LogP contribution in [0.2, 0.25) is 0 Å². The van der Waals surface area contributed by atoms with Gasteiger partial charge >= 0.3 is 5.97 Å². The van der Waals surface area contributed by atoms with E-state index in [2.05, 4.69) is 4.98 Å². The SMILES string of the molecule is O=C(O)C1CC2CCCCC2N1c1nc2ccccc2o1. The van der Waals surface area contributed by atoms with E-state index in [1.165, 1.54) is 6.42 Å². The largest absolute Gasteiger partial charge is 0.480 e. The number of benzene rings is 1. The van der Waals surface area contributed by atoms with Crippen molar-refractivity contribution in [1.82, 2.24) is 4.98 Å². The third kappa shape index (κ3) is 1.99. The third-order valence-electron chi connectivity index (χ3n) is 4.88. The molecule has 0 bridgehead atoms. The molecule has 2 aromatic rings. The van der Waals surface area contributed by atoms with Gasteiger partial charge in [-0.1, -0.05) is 25.0 Å². The first-order valence-electron chi connectivity index (χ1n) is 7.61. The number of aliphatic carboxylic acids is 1. The van der Waals surface area contributed by atoms with Gasteiger partial charge in [0.15, 0.2) is 5.58 Å². The number of rotatable bonds is 2. The maximum Gasteiger partial charge on any atom is 0.326 e. The fourth-order valence-corrected chi connectivity index (χ4v) is 3.93. The average molecular weight is 286 g/mol. The van der Waals surface area contributed by atoms with Crippen molar-refractivity contribution in [2.75, 3.05) is 4.90 Å². The molecule has 1 saturated heterocycles. The minimum atomic E-state index is -0.772. The Hall–Kier alpha value is -2.04. The van der Waals surface area contributed by atoms with Crippen LogP contribution in [0, 0.1) is 5.92 Å². The Morgan fingerprint density at radius 1 is 1.29 bits per heavy atom. The van der Waals surface area contributed by atoms with Gasteiger partial charge in [-0.15, -0.1) is 0 Å². The molecule has 21 heavy (non-hydrogen) atoms. The molecule has 0 amide bonds. The summed E-state index contributed by atoms with van der Waals surface area (Å²) in [5.41, 5.74) is 1.51. The number of carbonyl (C=O) groups is 1. The summed E-state index contributed by atoms with van der Waals surface area (Å²) < 4.78 is 5.83. The van der Waals surface area contributed by atoms with Crippen molar-refractivity contribution >= 4 is 23.1 Å². The van der Waals surface area contributed by atoms with Gasteiger partial charge in [-0.2, -0.15) is 4.98 Å². The molecule has 0 spiro atoms. The van der Waals surface area contributed by atoms with Crippen LogP contribution in [0.5, 0.6) is 0 Å². The second-order valence-electron chi connectivity index (χ2n) is 6.07. The summed E-state index contributed by atoms with van der Waals surface area (Å²) in [6.45, 7) is 0. The molecule has 5 nitrogen and oxygen atoms in total. The lowest BCUT2D eigenvalue weighted by Crippen LogP contribution is -2.42. The van der Waals surface area contributed by atoms with Crippen LogP contribution in [0.25, 0.3) is 11.1 Å². The topological polar surface area (TPSA) is 66.6 Å². The van der Waals surface area contributed by atoms with Gasteiger partial charge in [0.25, 0.3) is 6.01 Å². The zero-order valence-electron chi connectivity index (χ0n) is 11.7. The molecule has 1 aliphatic carbocycles. The fraction of sp³-hybridized carbons (Fsp3) is 0.500. The first-order valence-corrected chi connectivity index (χ1v) is 7.61. The maximum atomic E-state index is 11.6. The van der Waals surface area contributed by atoms with Crippen LogP contribution in [-0.2, 0) is 4.79 Å². The lowest BCUT2D eigenvalue weighted by Gasteiger charge is -2.31. The van der Waals surface area contributed by atoms with E-state index in [1.807, 2.05) is 29.2 Å². The normalized spacial score (nSPS) is 28.8. The van der Waals surface area contributed by atoms with E-state index in [1.54, 1.807) is 0 Å². The molecule has 1 aromatic heterocycles. The van der Waals surface area contributed by atoms with Gasteiger partial charge in [0.05, 0.1) is 0 Å². The second kappa shape index (κ2) is 4.76. The highest BCUT2D eigenvalue weighted by atomic mass is 16.4. The standard InChI is InChI=1S/C16H18N2O3/c19-15(20)13-9-10-5-1-3-7-12(10)18(13)16-17-11-6-2-4-8-14(11)21-16/h2,4,6,8,10,12-13H,1,3,5,7,9H2,(H,19,20). The first kappa shape index (κ1) is 12.7. The van der Waals surface area contributed by atoms with Crippen LogP contribution in [0.1, 0.15) is 32.1 Å². The maximum absolute atomic E-state index is 11.6. The highest BCUT2D eigenvalue weighted by Gasteiger charge is 2.47. The van der Waals surface area contributed by atoms with E-state index in [0.29, 0.717) is 18.4 Å². The van der Waals surface area contributed by atoms with Gasteiger partial charge in [0.1, 0.15) is 11.6 Å². The molecule has 4 rings (SSSR count). The van der Waals surface area contributed by atoms with Crippen molar-refractivity contribution in [3.05, 3.63) is 24.3 Å². The van der Waals surface area contributed by atoms with Crippen LogP contribution < -0.4 is 4.90 Å². The average Bonchev–Trinajstić information content (AvgIpc) is 3.07. The van der Waals surface area contributed by atoms with Gasteiger partial charge in [0, 0.05) is 6.04 Å². The molecule has 2 heterocycles. The second-order valence-corrected chi connectivity index (χ2v) is 6.07. The van der Waals surface area contributed by atoms with Crippen LogP contribution in [0.4, 0.5) is 6.01 Å². The molecule has 1 saturated carbocycles. The zero-order chi connectivity index (χ0) is 14.4. The summed E-state index contributed by atoms with van der Waals surface area (Å²) in [5, 5.41) is 9.56.